The number of halogens is 3. The molecule has 38 heavy (non-hydrogen) atoms. The fourth-order valence-corrected chi connectivity index (χ4v) is 6.78. The molecule has 6 nitrogen and oxygen atoms in total. The summed E-state index contributed by atoms with van der Waals surface area (Å²) < 4.78 is 51.8. The highest BCUT2D eigenvalue weighted by molar-refractivity contribution is 7.15. The van der Waals surface area contributed by atoms with Crippen molar-refractivity contribution in [3.8, 4) is 11.8 Å². The van der Waals surface area contributed by atoms with E-state index in [1.807, 2.05) is 0 Å². The number of carbonyl (C=O) groups excluding carboxylic acids is 1. The summed E-state index contributed by atoms with van der Waals surface area (Å²) in [6.07, 6.45) is 3.92. The van der Waals surface area contributed by atoms with Crippen molar-refractivity contribution < 1.29 is 37.3 Å². The van der Waals surface area contributed by atoms with Gasteiger partial charge in [-0.1, -0.05) is 31.1 Å². The first-order valence-electron chi connectivity index (χ1n) is 13.7. The first-order chi connectivity index (χ1) is 18.2. The molecule has 1 N–H and O–H groups in total. The molecule has 1 aliphatic heterocycles. The van der Waals surface area contributed by atoms with Crippen LogP contribution in [0, 0.1) is 23.2 Å². The first kappa shape index (κ1) is 27.5. The summed E-state index contributed by atoms with van der Waals surface area (Å²) in [4.78, 5) is 28.0. The topological polar surface area (TPSA) is 76.1 Å². The highest BCUT2D eigenvalue weighted by Gasteiger charge is 2.62. The molecular weight excluding hydrogens is 519 g/mol. The van der Waals surface area contributed by atoms with Crippen molar-refractivity contribution in [3.05, 3.63) is 15.8 Å². The summed E-state index contributed by atoms with van der Waals surface area (Å²) in [6.45, 7) is 1.30. The number of carbonyl (C=O) groups is 2. The van der Waals surface area contributed by atoms with Crippen molar-refractivity contribution in [1.82, 2.24) is 0 Å². The quantitative estimate of drug-likeness (QED) is 0.427. The Kier molecular flexibility index (Phi) is 8.09. The molecule has 10 heteroatoms. The lowest BCUT2D eigenvalue weighted by Gasteiger charge is -2.39. The minimum Gasteiger partial charge on any atom is -0.477 e. The van der Waals surface area contributed by atoms with Crippen molar-refractivity contribution in [1.29, 1.82) is 0 Å². The van der Waals surface area contributed by atoms with Gasteiger partial charge in [0.15, 0.2) is 0 Å². The van der Waals surface area contributed by atoms with Gasteiger partial charge in [-0.05, 0) is 63.9 Å². The number of hydrogen-bond donors (Lipinski definition) is 1. The molecule has 208 valence electrons. The molecule has 3 aliphatic carbocycles. The Morgan fingerprint density at radius 3 is 2.34 bits per heavy atom. The summed E-state index contributed by atoms with van der Waals surface area (Å²) in [6, 6.07) is 1.33. The van der Waals surface area contributed by atoms with Crippen LogP contribution < -0.4 is 4.90 Å². The summed E-state index contributed by atoms with van der Waals surface area (Å²) >= 11 is 0.852. The number of alkyl halides is 3. The minimum atomic E-state index is -4.41. The number of carboxylic acid groups (broad SMARTS) is 1. The first-order valence-corrected chi connectivity index (χ1v) is 14.5. The Morgan fingerprint density at radius 1 is 1.05 bits per heavy atom. The molecule has 1 unspecified atom stereocenters. The second-order valence-electron chi connectivity index (χ2n) is 11.1. The fourth-order valence-electron chi connectivity index (χ4n) is 5.93. The average molecular weight is 554 g/mol. The van der Waals surface area contributed by atoms with E-state index >= 15 is 0 Å². The number of amides is 1. The molecule has 0 bridgehead atoms. The molecule has 4 aliphatic rings. The van der Waals surface area contributed by atoms with E-state index < -0.39 is 17.6 Å². The van der Waals surface area contributed by atoms with Gasteiger partial charge in [0.1, 0.15) is 10.3 Å². The van der Waals surface area contributed by atoms with Crippen molar-refractivity contribution >= 4 is 28.9 Å². The van der Waals surface area contributed by atoms with Crippen LogP contribution in [0.4, 0.5) is 18.9 Å². The molecule has 0 aromatic carbocycles. The molecule has 1 aromatic heterocycles. The van der Waals surface area contributed by atoms with Crippen LogP contribution in [0.25, 0.3) is 0 Å². The summed E-state index contributed by atoms with van der Waals surface area (Å²) in [5.74, 6) is 3.53. The maximum atomic E-state index is 13.9. The number of rotatable bonds is 6. The van der Waals surface area contributed by atoms with E-state index in [1.165, 1.54) is 6.07 Å². The number of aromatic carboxylic acids is 1. The van der Waals surface area contributed by atoms with Crippen LogP contribution >= 0.6 is 11.3 Å². The Morgan fingerprint density at radius 2 is 1.76 bits per heavy atom. The molecule has 2 heterocycles. The molecule has 1 saturated heterocycles. The van der Waals surface area contributed by atoms with Gasteiger partial charge in [-0.2, -0.15) is 13.2 Å². The van der Waals surface area contributed by atoms with Gasteiger partial charge in [0.05, 0.1) is 29.4 Å². The number of thiophene rings is 1. The van der Waals surface area contributed by atoms with Crippen LogP contribution in [0.5, 0.6) is 0 Å². The maximum absolute atomic E-state index is 13.9. The predicted octanol–water partition coefficient (Wildman–Crippen LogP) is 6.17. The maximum Gasteiger partial charge on any atom is 0.405 e. The molecule has 1 amide bonds. The molecule has 5 rings (SSSR count). The van der Waals surface area contributed by atoms with Gasteiger partial charge in [-0.15, -0.1) is 11.3 Å². The lowest BCUT2D eigenvalue weighted by atomic mass is 9.86. The van der Waals surface area contributed by atoms with E-state index in [9.17, 15) is 27.9 Å². The predicted molar refractivity (Wildman–Crippen MR) is 136 cm³/mol. The minimum absolute atomic E-state index is 0.0435. The number of nitrogens with zero attached hydrogens (tertiary/aromatic N) is 1. The standard InChI is InChI=1S/C28H34F3NO5S/c29-28(30,31)27(13-14-27)12-10-22-16-23(24(38-22)26(34)35)32(25(33)18-4-2-1-3-5-18)19-6-8-20(9-7-19)37-21-11-15-36-17-21/h16,18-21H,1-9,11,13-15,17H2,(H,34,35). The number of hydrogen-bond acceptors (Lipinski definition) is 5. The highest BCUT2D eigenvalue weighted by Crippen LogP contribution is 2.57. The van der Waals surface area contributed by atoms with E-state index in [0.717, 1.165) is 62.7 Å². The number of ether oxygens (including phenoxy) is 2. The van der Waals surface area contributed by atoms with Crippen LogP contribution in [0.15, 0.2) is 6.07 Å². The van der Waals surface area contributed by atoms with Crippen molar-refractivity contribution in [2.24, 2.45) is 11.3 Å². The second kappa shape index (κ2) is 11.2. The van der Waals surface area contributed by atoms with Crippen molar-refractivity contribution in [2.75, 3.05) is 18.1 Å². The average Bonchev–Trinajstić information content (AvgIpc) is 3.33. The molecule has 1 aromatic rings. The number of carboxylic acids is 1. The Bertz CT molecular complexity index is 1080. The third-order valence-corrected chi connectivity index (χ3v) is 9.39. The van der Waals surface area contributed by atoms with Crippen LogP contribution in [-0.2, 0) is 14.3 Å². The fraction of sp³-hybridized carbons (Fsp3) is 0.714. The highest BCUT2D eigenvalue weighted by atomic mass is 32.1. The lowest BCUT2D eigenvalue weighted by molar-refractivity contribution is -0.168. The Balaban J connectivity index is 1.41. The zero-order chi connectivity index (χ0) is 26.9. The van der Waals surface area contributed by atoms with E-state index in [-0.39, 0.29) is 58.4 Å². The van der Waals surface area contributed by atoms with Crippen LogP contribution in [0.1, 0.15) is 91.6 Å². The molecule has 4 fully saturated rings. The van der Waals surface area contributed by atoms with Crippen LogP contribution in [0.2, 0.25) is 0 Å². The third-order valence-electron chi connectivity index (χ3n) is 8.36. The molecular formula is C28H34F3NO5S. The van der Waals surface area contributed by atoms with E-state index in [4.69, 9.17) is 9.47 Å². The van der Waals surface area contributed by atoms with Crippen LogP contribution in [-0.4, -0.2) is 54.6 Å². The molecule has 1 atom stereocenters. The Hall–Kier alpha value is -2.09. The SMILES string of the molecule is O=C(O)c1sc(C#CC2(C(F)(F)F)CC2)cc1N(C(=O)C1CCCCC1)C1CCC(OC2CCOC2)CC1. The van der Waals surface area contributed by atoms with E-state index in [1.54, 1.807) is 4.90 Å². The van der Waals surface area contributed by atoms with Gasteiger partial charge in [0.2, 0.25) is 5.91 Å². The molecule has 0 spiro atoms. The van der Waals surface area contributed by atoms with E-state index in [2.05, 4.69) is 11.8 Å². The van der Waals surface area contributed by atoms with Gasteiger partial charge in [0, 0.05) is 18.6 Å². The zero-order valence-corrected chi connectivity index (χ0v) is 22.2. The zero-order valence-electron chi connectivity index (χ0n) is 21.4. The third kappa shape index (κ3) is 5.90. The summed E-state index contributed by atoms with van der Waals surface area (Å²) in [7, 11) is 0. The molecule has 0 radical (unpaired) electrons. The lowest BCUT2D eigenvalue weighted by Crippen LogP contribution is -2.47. The molecule has 3 saturated carbocycles. The summed E-state index contributed by atoms with van der Waals surface area (Å²) in [5, 5.41) is 10.0. The van der Waals surface area contributed by atoms with Gasteiger partial charge < -0.3 is 19.5 Å². The summed E-state index contributed by atoms with van der Waals surface area (Å²) in [5.41, 5.74) is -1.73. The largest absolute Gasteiger partial charge is 0.477 e. The smallest absolute Gasteiger partial charge is 0.405 e. The van der Waals surface area contributed by atoms with Crippen LogP contribution in [0.3, 0.4) is 0 Å². The van der Waals surface area contributed by atoms with Gasteiger partial charge in [-0.3, -0.25) is 4.79 Å². The normalized spacial score (nSPS) is 27.4. The second-order valence-corrected chi connectivity index (χ2v) is 12.1. The van der Waals surface area contributed by atoms with Gasteiger partial charge >= 0.3 is 12.1 Å². The Labute approximate surface area is 224 Å². The monoisotopic (exact) mass is 553 g/mol. The van der Waals surface area contributed by atoms with E-state index in [0.29, 0.717) is 26.1 Å². The van der Waals surface area contributed by atoms with Crippen molar-refractivity contribution in [3.63, 3.8) is 0 Å². The van der Waals surface area contributed by atoms with Gasteiger partial charge in [-0.25, -0.2) is 4.79 Å². The van der Waals surface area contributed by atoms with Gasteiger partial charge in [0.25, 0.3) is 0 Å². The van der Waals surface area contributed by atoms with Crippen molar-refractivity contribution in [2.45, 2.75) is 101 Å². The number of anilines is 1.